The third-order valence-corrected chi connectivity index (χ3v) is 5.08. The summed E-state index contributed by atoms with van der Waals surface area (Å²) in [4.78, 5) is 0. The van der Waals surface area contributed by atoms with Crippen molar-refractivity contribution in [2.45, 2.75) is 71.1 Å². The van der Waals surface area contributed by atoms with Crippen LogP contribution in [0.1, 0.15) is 71.1 Å². The van der Waals surface area contributed by atoms with E-state index in [2.05, 4.69) is 6.92 Å². The van der Waals surface area contributed by atoms with Crippen molar-refractivity contribution in [2.75, 3.05) is 59.2 Å². The lowest BCUT2D eigenvalue weighted by Crippen LogP contribution is -3.00. The van der Waals surface area contributed by atoms with Crippen molar-refractivity contribution < 1.29 is 36.9 Å². The highest BCUT2D eigenvalue weighted by atomic mass is 35.5. The Bertz CT molecular complexity index is 253. The molecule has 0 heterocycles. The molecule has 0 radical (unpaired) electrons. The molecule has 0 fully saturated rings. The molecule has 0 aromatic heterocycles. The van der Waals surface area contributed by atoms with Crippen molar-refractivity contribution in [2.24, 2.45) is 0 Å². The molecule has 0 spiro atoms. The number of halogens is 1. The first kappa shape index (κ1) is 28.3. The summed E-state index contributed by atoms with van der Waals surface area (Å²) in [7, 11) is 0. The number of hydrogen-bond acceptors (Lipinski definition) is 4. The van der Waals surface area contributed by atoms with E-state index in [0.29, 0.717) is 30.7 Å². The van der Waals surface area contributed by atoms with Crippen molar-refractivity contribution in [1.82, 2.24) is 0 Å². The van der Waals surface area contributed by atoms with Gasteiger partial charge in [-0.15, -0.1) is 0 Å². The molecule has 26 heavy (non-hydrogen) atoms. The maximum atomic E-state index is 9.24. The van der Waals surface area contributed by atoms with Gasteiger partial charge >= 0.3 is 0 Å². The third-order valence-electron chi connectivity index (χ3n) is 5.08. The SMILES string of the molecule is CCCCCCCCCCCCOCC[N+](CCO)(CCO)CCO.[Cl-]. The summed E-state index contributed by atoms with van der Waals surface area (Å²) in [6.45, 7) is 6.28. The minimum atomic E-state index is 0. The van der Waals surface area contributed by atoms with E-state index >= 15 is 0 Å². The Morgan fingerprint density at radius 2 is 1.00 bits per heavy atom. The Morgan fingerprint density at radius 1 is 0.577 bits per heavy atom. The van der Waals surface area contributed by atoms with E-state index in [1.807, 2.05) is 0 Å². The second-order valence-electron chi connectivity index (χ2n) is 7.20. The summed E-state index contributed by atoms with van der Waals surface area (Å²) in [5.74, 6) is 0. The van der Waals surface area contributed by atoms with E-state index in [1.54, 1.807) is 0 Å². The van der Waals surface area contributed by atoms with E-state index in [1.165, 1.54) is 57.8 Å². The molecule has 0 aliphatic carbocycles. The maximum absolute atomic E-state index is 9.24. The first-order valence-corrected chi connectivity index (χ1v) is 10.5. The number of ether oxygens (including phenoxy) is 1. The topological polar surface area (TPSA) is 69.9 Å². The van der Waals surface area contributed by atoms with Crippen LogP contribution in [-0.2, 0) is 4.74 Å². The zero-order valence-corrected chi connectivity index (χ0v) is 17.8. The van der Waals surface area contributed by atoms with Crippen LogP contribution in [0.25, 0.3) is 0 Å². The lowest BCUT2D eigenvalue weighted by Gasteiger charge is -2.37. The van der Waals surface area contributed by atoms with Crippen LogP contribution in [0.5, 0.6) is 0 Å². The molecule has 0 amide bonds. The number of rotatable bonds is 20. The number of aliphatic hydroxyl groups excluding tert-OH is 3. The van der Waals surface area contributed by atoms with E-state index in [0.717, 1.165) is 19.6 Å². The van der Waals surface area contributed by atoms with Crippen molar-refractivity contribution in [1.29, 1.82) is 0 Å². The second-order valence-corrected chi connectivity index (χ2v) is 7.20. The number of quaternary nitrogens is 1. The van der Waals surface area contributed by atoms with Crippen LogP contribution < -0.4 is 12.4 Å². The van der Waals surface area contributed by atoms with Gasteiger partial charge in [-0.05, 0) is 6.42 Å². The zero-order chi connectivity index (χ0) is 18.6. The maximum Gasteiger partial charge on any atom is 0.103 e. The fraction of sp³-hybridized carbons (Fsp3) is 1.00. The molecular weight excluding hydrogens is 354 g/mol. The first-order valence-electron chi connectivity index (χ1n) is 10.5. The fourth-order valence-corrected chi connectivity index (χ4v) is 3.36. The summed E-state index contributed by atoms with van der Waals surface area (Å²) in [6, 6.07) is 0. The molecule has 0 aromatic rings. The van der Waals surface area contributed by atoms with Crippen LogP contribution in [0.4, 0.5) is 0 Å². The molecule has 3 N–H and O–H groups in total. The molecule has 160 valence electrons. The van der Waals surface area contributed by atoms with Crippen LogP contribution in [0.15, 0.2) is 0 Å². The van der Waals surface area contributed by atoms with Crippen molar-refractivity contribution >= 4 is 0 Å². The van der Waals surface area contributed by atoms with Crippen LogP contribution in [-0.4, -0.2) is 79.0 Å². The Balaban J connectivity index is 0. The normalized spacial score (nSPS) is 11.5. The van der Waals surface area contributed by atoms with E-state index < -0.39 is 0 Å². The third kappa shape index (κ3) is 16.3. The average molecular weight is 398 g/mol. The molecule has 6 heteroatoms. The number of hydrogen-bond donors (Lipinski definition) is 3. The van der Waals surface area contributed by atoms with E-state index in [-0.39, 0.29) is 32.2 Å². The highest BCUT2D eigenvalue weighted by Crippen LogP contribution is 2.11. The first-order chi connectivity index (χ1) is 12.2. The molecule has 0 atom stereocenters. The molecule has 0 aliphatic rings. The van der Waals surface area contributed by atoms with Crippen LogP contribution in [0.2, 0.25) is 0 Å². The molecular formula is C20H44ClNO4. The predicted molar refractivity (Wildman–Crippen MR) is 104 cm³/mol. The number of unbranched alkanes of at least 4 members (excludes halogenated alkanes) is 9. The van der Waals surface area contributed by atoms with E-state index in [4.69, 9.17) is 4.74 Å². The molecule has 0 rings (SSSR count). The number of aliphatic hydroxyl groups is 3. The Hall–Kier alpha value is 0.0900. The highest BCUT2D eigenvalue weighted by Gasteiger charge is 2.25. The smallest absolute Gasteiger partial charge is 0.103 e. The van der Waals surface area contributed by atoms with Gasteiger partial charge in [-0.1, -0.05) is 64.7 Å². The molecule has 0 bridgehead atoms. The van der Waals surface area contributed by atoms with Crippen LogP contribution in [0, 0.1) is 0 Å². The Morgan fingerprint density at radius 3 is 1.42 bits per heavy atom. The van der Waals surface area contributed by atoms with Gasteiger partial charge < -0.3 is 36.9 Å². The van der Waals surface area contributed by atoms with Gasteiger partial charge in [-0.3, -0.25) is 0 Å². The molecule has 0 aliphatic heterocycles. The molecule has 5 nitrogen and oxygen atoms in total. The lowest BCUT2D eigenvalue weighted by molar-refractivity contribution is -0.929. The van der Waals surface area contributed by atoms with Crippen molar-refractivity contribution in [3.05, 3.63) is 0 Å². The van der Waals surface area contributed by atoms with Crippen molar-refractivity contribution in [3.63, 3.8) is 0 Å². The monoisotopic (exact) mass is 397 g/mol. The zero-order valence-electron chi connectivity index (χ0n) is 17.0. The minimum absolute atomic E-state index is 0. The van der Waals surface area contributed by atoms with Crippen LogP contribution in [0.3, 0.4) is 0 Å². The predicted octanol–water partition coefficient (Wildman–Crippen LogP) is -0.278. The minimum Gasteiger partial charge on any atom is -1.00 e. The molecule has 0 saturated carbocycles. The largest absolute Gasteiger partial charge is 1.00 e. The Kier molecular flexibility index (Phi) is 23.3. The van der Waals surface area contributed by atoms with Gasteiger partial charge in [0.25, 0.3) is 0 Å². The fourth-order valence-electron chi connectivity index (χ4n) is 3.36. The lowest BCUT2D eigenvalue weighted by atomic mass is 10.1. The summed E-state index contributed by atoms with van der Waals surface area (Å²) in [6.07, 6.45) is 13.2. The van der Waals surface area contributed by atoms with Gasteiger partial charge in [0.1, 0.15) is 26.2 Å². The Labute approximate surface area is 167 Å². The molecule has 0 unspecified atom stereocenters. The summed E-state index contributed by atoms with van der Waals surface area (Å²) < 4.78 is 6.27. The van der Waals surface area contributed by atoms with Crippen molar-refractivity contribution in [3.8, 4) is 0 Å². The summed E-state index contributed by atoms with van der Waals surface area (Å²) in [5, 5.41) is 27.7. The quantitative estimate of drug-likeness (QED) is 0.195. The van der Waals surface area contributed by atoms with Gasteiger partial charge in [0.15, 0.2) is 0 Å². The van der Waals surface area contributed by atoms with Gasteiger partial charge in [-0.2, -0.15) is 0 Å². The van der Waals surface area contributed by atoms with Gasteiger partial charge in [0.05, 0.1) is 26.4 Å². The molecule has 0 saturated heterocycles. The average Bonchev–Trinajstić information content (AvgIpc) is 2.60. The van der Waals surface area contributed by atoms with Gasteiger partial charge in [0.2, 0.25) is 0 Å². The highest BCUT2D eigenvalue weighted by molar-refractivity contribution is 4.48. The standard InChI is InChI=1S/C20H44NO4.ClH/c1-2-3-4-5-6-7-8-9-10-11-19-25-20-15-21(12-16-22,13-17-23)14-18-24;/h22-24H,2-20H2,1H3;1H/q+1;/p-1. The summed E-state index contributed by atoms with van der Waals surface area (Å²) in [5.41, 5.74) is 0. The number of nitrogens with zero attached hydrogens (tertiary/aromatic N) is 1. The summed E-state index contributed by atoms with van der Waals surface area (Å²) >= 11 is 0. The second kappa shape index (κ2) is 21.4. The molecule has 0 aromatic carbocycles. The van der Waals surface area contributed by atoms with Gasteiger partial charge in [0, 0.05) is 6.61 Å². The van der Waals surface area contributed by atoms with Gasteiger partial charge in [-0.25, -0.2) is 0 Å². The van der Waals surface area contributed by atoms with E-state index in [9.17, 15) is 15.3 Å². The van der Waals surface area contributed by atoms with Crippen LogP contribution >= 0.6 is 0 Å².